The van der Waals surface area contributed by atoms with Crippen LogP contribution in [0.4, 0.5) is 0 Å². The van der Waals surface area contributed by atoms with Gasteiger partial charge in [-0.05, 0) is 19.9 Å². The molecule has 1 saturated heterocycles. The number of carboxylic acid groups (broad SMARTS) is 1. The van der Waals surface area contributed by atoms with Crippen molar-refractivity contribution in [2.24, 2.45) is 0 Å². The van der Waals surface area contributed by atoms with Crippen molar-refractivity contribution in [3.8, 4) is 0 Å². The summed E-state index contributed by atoms with van der Waals surface area (Å²) in [5.74, 6) is -0.786. The molecular formula is C10H20N2O3. The second-order valence-electron chi connectivity index (χ2n) is 3.92. The zero-order valence-electron chi connectivity index (χ0n) is 9.40. The highest BCUT2D eigenvalue weighted by Gasteiger charge is 2.23. The van der Waals surface area contributed by atoms with Gasteiger partial charge in [-0.2, -0.15) is 0 Å². The average molecular weight is 216 g/mol. The number of hydrogen-bond acceptors (Lipinski definition) is 4. The Balaban J connectivity index is 2.31. The van der Waals surface area contributed by atoms with E-state index in [0.29, 0.717) is 12.6 Å². The summed E-state index contributed by atoms with van der Waals surface area (Å²) < 4.78 is 5.26. The molecule has 0 radical (unpaired) electrons. The van der Waals surface area contributed by atoms with E-state index in [-0.39, 0.29) is 0 Å². The first-order valence-electron chi connectivity index (χ1n) is 5.32. The van der Waals surface area contributed by atoms with Gasteiger partial charge in [0.15, 0.2) is 0 Å². The molecule has 5 heteroatoms. The molecule has 1 rings (SSSR count). The van der Waals surface area contributed by atoms with E-state index < -0.39 is 12.0 Å². The van der Waals surface area contributed by atoms with Gasteiger partial charge in [0.1, 0.15) is 6.04 Å². The Morgan fingerprint density at radius 1 is 1.60 bits per heavy atom. The fourth-order valence-electron chi connectivity index (χ4n) is 1.88. The zero-order chi connectivity index (χ0) is 11.3. The average Bonchev–Trinajstić information content (AvgIpc) is 2.26. The quantitative estimate of drug-likeness (QED) is 0.664. The molecule has 0 aromatic heterocycles. The highest BCUT2D eigenvalue weighted by Crippen LogP contribution is 2.12. The van der Waals surface area contributed by atoms with Crippen LogP contribution in [-0.2, 0) is 9.53 Å². The van der Waals surface area contributed by atoms with Crippen LogP contribution < -0.4 is 5.32 Å². The van der Waals surface area contributed by atoms with Crippen LogP contribution in [0.2, 0.25) is 0 Å². The Morgan fingerprint density at radius 2 is 2.20 bits per heavy atom. The molecule has 0 spiro atoms. The lowest BCUT2D eigenvalue weighted by atomic mass is 10.1. The van der Waals surface area contributed by atoms with Gasteiger partial charge < -0.3 is 20.1 Å². The molecule has 0 amide bonds. The number of hydrogen-bond donors (Lipinski definition) is 2. The molecule has 1 aliphatic heterocycles. The topological polar surface area (TPSA) is 61.8 Å². The maximum absolute atomic E-state index is 10.8. The minimum atomic E-state index is -0.786. The molecular weight excluding hydrogens is 196 g/mol. The number of aliphatic carboxylic acids is 1. The van der Waals surface area contributed by atoms with E-state index in [1.807, 2.05) is 0 Å². The molecule has 0 aromatic rings. The van der Waals surface area contributed by atoms with E-state index in [1.54, 1.807) is 14.2 Å². The molecule has 88 valence electrons. The van der Waals surface area contributed by atoms with Crippen molar-refractivity contribution in [1.29, 1.82) is 0 Å². The molecule has 0 aliphatic carbocycles. The molecule has 1 unspecified atom stereocenters. The lowest BCUT2D eigenvalue weighted by Gasteiger charge is -2.32. The number of piperidine rings is 1. The monoisotopic (exact) mass is 216 g/mol. The third-order valence-corrected chi connectivity index (χ3v) is 2.96. The van der Waals surface area contributed by atoms with Crippen LogP contribution in [0.15, 0.2) is 0 Å². The summed E-state index contributed by atoms with van der Waals surface area (Å²) in [7, 11) is 3.41. The maximum atomic E-state index is 10.8. The minimum Gasteiger partial charge on any atom is -0.480 e. The molecule has 1 fully saturated rings. The fourth-order valence-corrected chi connectivity index (χ4v) is 1.88. The Morgan fingerprint density at radius 3 is 2.60 bits per heavy atom. The number of nitrogens with zero attached hydrogens (tertiary/aromatic N) is 1. The molecule has 5 nitrogen and oxygen atoms in total. The largest absolute Gasteiger partial charge is 0.480 e. The Hall–Kier alpha value is -0.650. The van der Waals surface area contributed by atoms with Crippen LogP contribution in [0.3, 0.4) is 0 Å². The smallest absolute Gasteiger partial charge is 0.322 e. The van der Waals surface area contributed by atoms with E-state index in [2.05, 4.69) is 10.2 Å². The minimum absolute atomic E-state index is 0.346. The van der Waals surface area contributed by atoms with Crippen molar-refractivity contribution in [2.45, 2.75) is 25.0 Å². The number of rotatable bonds is 5. The van der Waals surface area contributed by atoms with Crippen LogP contribution in [0.1, 0.15) is 12.8 Å². The predicted octanol–water partition coefficient (Wildman–Crippen LogP) is -0.230. The summed E-state index contributed by atoms with van der Waals surface area (Å²) in [4.78, 5) is 13.0. The Bertz CT molecular complexity index is 203. The fraction of sp³-hybridized carbons (Fsp3) is 0.900. The third kappa shape index (κ3) is 3.77. The highest BCUT2D eigenvalue weighted by atomic mass is 16.5. The van der Waals surface area contributed by atoms with Gasteiger partial charge in [0.25, 0.3) is 0 Å². The van der Waals surface area contributed by atoms with E-state index in [1.165, 1.54) is 0 Å². The molecule has 1 heterocycles. The second kappa shape index (κ2) is 6.05. The van der Waals surface area contributed by atoms with E-state index in [9.17, 15) is 4.79 Å². The van der Waals surface area contributed by atoms with Gasteiger partial charge >= 0.3 is 5.97 Å². The second-order valence-corrected chi connectivity index (χ2v) is 3.92. The summed E-state index contributed by atoms with van der Waals surface area (Å²) in [6, 6.07) is -0.468. The molecule has 0 aromatic carbocycles. The zero-order valence-corrected chi connectivity index (χ0v) is 9.40. The van der Waals surface area contributed by atoms with E-state index in [4.69, 9.17) is 9.84 Å². The summed E-state index contributed by atoms with van der Waals surface area (Å²) >= 11 is 0. The first kappa shape index (κ1) is 12.4. The number of ether oxygens (including phenoxy) is 1. The molecule has 15 heavy (non-hydrogen) atoms. The maximum Gasteiger partial charge on any atom is 0.322 e. The number of nitrogens with one attached hydrogen (secondary N) is 1. The van der Waals surface area contributed by atoms with Crippen molar-refractivity contribution in [1.82, 2.24) is 10.2 Å². The Kier molecular flexibility index (Phi) is 5.01. The molecule has 0 saturated carbocycles. The van der Waals surface area contributed by atoms with E-state index >= 15 is 0 Å². The van der Waals surface area contributed by atoms with Crippen molar-refractivity contribution in [2.75, 3.05) is 33.8 Å². The lowest BCUT2D eigenvalue weighted by molar-refractivity contribution is -0.140. The van der Waals surface area contributed by atoms with Crippen LogP contribution in [-0.4, -0.2) is 61.9 Å². The van der Waals surface area contributed by atoms with Crippen molar-refractivity contribution in [3.63, 3.8) is 0 Å². The number of likely N-dealkylation sites (tertiary alicyclic amines) is 1. The van der Waals surface area contributed by atoms with Gasteiger partial charge in [0.2, 0.25) is 0 Å². The summed E-state index contributed by atoms with van der Waals surface area (Å²) in [6.45, 7) is 2.41. The van der Waals surface area contributed by atoms with Gasteiger partial charge in [-0.3, -0.25) is 4.79 Å². The Labute approximate surface area is 90.4 Å². The predicted molar refractivity (Wildman–Crippen MR) is 57.0 cm³/mol. The normalized spacial score (nSPS) is 21.5. The molecule has 0 bridgehead atoms. The summed E-state index contributed by atoms with van der Waals surface area (Å²) in [5.41, 5.74) is 0. The van der Waals surface area contributed by atoms with Crippen molar-refractivity contribution < 1.29 is 14.6 Å². The van der Waals surface area contributed by atoms with Gasteiger partial charge in [0, 0.05) is 26.7 Å². The third-order valence-electron chi connectivity index (χ3n) is 2.96. The summed E-state index contributed by atoms with van der Waals surface area (Å²) in [6.07, 6.45) is 2.33. The summed E-state index contributed by atoms with van der Waals surface area (Å²) in [5, 5.41) is 11.7. The lowest BCUT2D eigenvalue weighted by Crippen LogP contribution is -2.47. The number of carboxylic acids is 1. The SMILES string of the molecule is CNC(CN1CCC(OC)CC1)C(=O)O. The molecule has 2 N–H and O–H groups in total. The van der Waals surface area contributed by atoms with Crippen LogP contribution in [0, 0.1) is 0 Å². The van der Waals surface area contributed by atoms with Crippen molar-refractivity contribution in [3.05, 3.63) is 0 Å². The molecule has 1 atom stereocenters. The van der Waals surface area contributed by atoms with Gasteiger partial charge in [0.05, 0.1) is 6.10 Å². The van der Waals surface area contributed by atoms with Gasteiger partial charge in [-0.15, -0.1) is 0 Å². The first-order chi connectivity index (χ1) is 7.17. The van der Waals surface area contributed by atoms with Crippen LogP contribution >= 0.6 is 0 Å². The highest BCUT2D eigenvalue weighted by molar-refractivity contribution is 5.73. The van der Waals surface area contributed by atoms with Gasteiger partial charge in [-0.1, -0.05) is 0 Å². The molecule has 1 aliphatic rings. The number of likely N-dealkylation sites (N-methyl/N-ethyl adjacent to an activating group) is 1. The standard InChI is InChI=1S/C10H20N2O3/c1-11-9(10(13)14)7-12-5-3-8(15-2)4-6-12/h8-9,11H,3-7H2,1-2H3,(H,13,14). The van der Waals surface area contributed by atoms with Crippen molar-refractivity contribution >= 4 is 5.97 Å². The van der Waals surface area contributed by atoms with Gasteiger partial charge in [-0.25, -0.2) is 0 Å². The van der Waals surface area contributed by atoms with Crippen LogP contribution in [0.25, 0.3) is 0 Å². The number of carbonyl (C=O) groups is 1. The van der Waals surface area contributed by atoms with E-state index in [0.717, 1.165) is 25.9 Å². The first-order valence-corrected chi connectivity index (χ1v) is 5.32. The number of methoxy groups -OCH3 is 1. The van der Waals surface area contributed by atoms with Crippen LogP contribution in [0.5, 0.6) is 0 Å².